The molecule has 142 valence electrons. The zero-order chi connectivity index (χ0) is 20.3. The number of anilines is 1. The van der Waals surface area contributed by atoms with Gasteiger partial charge < -0.3 is 9.84 Å². The quantitative estimate of drug-likeness (QED) is 0.541. The standard InChI is InChI=1S/C19H13BrN2O6/c20-12-5-7-13(8-6-12)22-18(26)14(17(25)21-19(22)27)9-11-3-1-2-4-15(11)28-10-16(23)24/h1-9H,10H2,(H,23,24)(H,21,25,27)/b14-9-. The number of para-hydroxylation sites is 1. The van der Waals surface area contributed by atoms with Crippen LogP contribution in [0.2, 0.25) is 0 Å². The van der Waals surface area contributed by atoms with E-state index in [2.05, 4.69) is 21.2 Å². The lowest BCUT2D eigenvalue weighted by atomic mass is 10.1. The van der Waals surface area contributed by atoms with E-state index in [1.54, 1.807) is 42.5 Å². The molecule has 2 aromatic carbocycles. The summed E-state index contributed by atoms with van der Waals surface area (Å²) in [5.41, 5.74) is 0.334. The summed E-state index contributed by atoms with van der Waals surface area (Å²) in [4.78, 5) is 48.8. The summed E-state index contributed by atoms with van der Waals surface area (Å²) in [6.07, 6.45) is 1.26. The maximum Gasteiger partial charge on any atom is 0.341 e. The Kier molecular flexibility index (Phi) is 5.55. The molecule has 1 fully saturated rings. The fourth-order valence-electron chi connectivity index (χ4n) is 2.51. The Morgan fingerprint density at radius 3 is 2.46 bits per heavy atom. The van der Waals surface area contributed by atoms with Crippen molar-refractivity contribution in [2.45, 2.75) is 0 Å². The number of barbiturate groups is 1. The molecule has 28 heavy (non-hydrogen) atoms. The van der Waals surface area contributed by atoms with Gasteiger partial charge in [0.2, 0.25) is 0 Å². The third-order valence-corrected chi connectivity index (χ3v) is 4.29. The lowest BCUT2D eigenvalue weighted by molar-refractivity contribution is -0.139. The molecule has 2 aromatic rings. The van der Waals surface area contributed by atoms with Crippen LogP contribution >= 0.6 is 15.9 Å². The van der Waals surface area contributed by atoms with E-state index >= 15 is 0 Å². The smallest absolute Gasteiger partial charge is 0.341 e. The number of imide groups is 2. The average Bonchev–Trinajstić information content (AvgIpc) is 2.65. The van der Waals surface area contributed by atoms with Gasteiger partial charge in [-0.3, -0.25) is 14.9 Å². The Labute approximate surface area is 167 Å². The van der Waals surface area contributed by atoms with Crippen LogP contribution in [0.3, 0.4) is 0 Å². The van der Waals surface area contributed by atoms with Gasteiger partial charge in [-0.15, -0.1) is 0 Å². The monoisotopic (exact) mass is 444 g/mol. The first-order valence-corrected chi connectivity index (χ1v) is 8.77. The van der Waals surface area contributed by atoms with Crippen LogP contribution in [-0.2, 0) is 14.4 Å². The van der Waals surface area contributed by atoms with E-state index in [0.29, 0.717) is 11.3 Å². The first-order valence-electron chi connectivity index (χ1n) is 7.97. The molecule has 1 heterocycles. The van der Waals surface area contributed by atoms with Gasteiger partial charge in [-0.1, -0.05) is 34.1 Å². The van der Waals surface area contributed by atoms with E-state index < -0.39 is 30.4 Å². The van der Waals surface area contributed by atoms with Crippen LogP contribution in [-0.4, -0.2) is 35.5 Å². The van der Waals surface area contributed by atoms with Crippen molar-refractivity contribution in [3.8, 4) is 5.75 Å². The predicted molar refractivity (Wildman–Crippen MR) is 103 cm³/mol. The van der Waals surface area contributed by atoms with Gasteiger partial charge in [-0.05, 0) is 36.4 Å². The topological polar surface area (TPSA) is 113 Å². The molecule has 9 heteroatoms. The van der Waals surface area contributed by atoms with Gasteiger partial charge in [-0.25, -0.2) is 14.5 Å². The average molecular weight is 445 g/mol. The second kappa shape index (κ2) is 8.05. The molecular weight excluding hydrogens is 432 g/mol. The number of urea groups is 1. The lowest BCUT2D eigenvalue weighted by Crippen LogP contribution is -2.54. The molecule has 0 spiro atoms. The zero-order valence-electron chi connectivity index (χ0n) is 14.2. The van der Waals surface area contributed by atoms with Gasteiger partial charge in [0.25, 0.3) is 11.8 Å². The van der Waals surface area contributed by atoms with Gasteiger partial charge in [0.15, 0.2) is 6.61 Å². The zero-order valence-corrected chi connectivity index (χ0v) is 15.8. The van der Waals surface area contributed by atoms with E-state index in [1.165, 1.54) is 12.1 Å². The van der Waals surface area contributed by atoms with Gasteiger partial charge in [0.05, 0.1) is 5.69 Å². The van der Waals surface area contributed by atoms with Crippen LogP contribution in [0.1, 0.15) is 5.56 Å². The van der Waals surface area contributed by atoms with Crippen molar-refractivity contribution in [2.75, 3.05) is 11.5 Å². The summed E-state index contributed by atoms with van der Waals surface area (Å²) in [6, 6.07) is 11.9. The van der Waals surface area contributed by atoms with Crippen LogP contribution in [0.25, 0.3) is 6.08 Å². The molecule has 1 aliphatic rings. The second-order valence-electron chi connectivity index (χ2n) is 5.65. The molecule has 0 bridgehead atoms. The number of carbonyl (C=O) groups is 4. The number of carboxylic acids is 1. The number of nitrogens with one attached hydrogen (secondary N) is 1. The van der Waals surface area contributed by atoms with Crippen molar-refractivity contribution in [1.29, 1.82) is 0 Å². The Hall–Kier alpha value is -3.46. The molecule has 3 rings (SSSR count). The molecule has 2 N–H and O–H groups in total. The number of benzene rings is 2. The molecule has 0 radical (unpaired) electrons. The Morgan fingerprint density at radius 1 is 1.11 bits per heavy atom. The SMILES string of the molecule is O=C(O)COc1ccccc1/C=C1/C(=O)NC(=O)N(c2ccc(Br)cc2)C1=O. The summed E-state index contributed by atoms with van der Waals surface area (Å²) in [5.74, 6) is -2.63. The first kappa shape index (κ1) is 19.3. The Bertz CT molecular complexity index is 1000. The van der Waals surface area contributed by atoms with Gasteiger partial charge in [0, 0.05) is 10.0 Å². The molecule has 0 aliphatic carbocycles. The van der Waals surface area contributed by atoms with Crippen molar-refractivity contribution in [3.63, 3.8) is 0 Å². The summed E-state index contributed by atoms with van der Waals surface area (Å²) in [7, 11) is 0. The van der Waals surface area contributed by atoms with Crippen LogP contribution in [0.5, 0.6) is 5.75 Å². The van der Waals surface area contributed by atoms with Crippen molar-refractivity contribution in [1.82, 2.24) is 5.32 Å². The molecule has 0 atom stereocenters. The number of ether oxygens (including phenoxy) is 1. The highest BCUT2D eigenvalue weighted by Crippen LogP contribution is 2.26. The number of nitrogens with zero attached hydrogens (tertiary/aromatic N) is 1. The minimum absolute atomic E-state index is 0.185. The fraction of sp³-hybridized carbons (Fsp3) is 0.0526. The molecule has 8 nitrogen and oxygen atoms in total. The van der Waals surface area contributed by atoms with Gasteiger partial charge in [-0.2, -0.15) is 0 Å². The van der Waals surface area contributed by atoms with Crippen molar-refractivity contribution >= 4 is 51.5 Å². The number of amides is 4. The summed E-state index contributed by atoms with van der Waals surface area (Å²) in [6.45, 7) is -0.580. The van der Waals surface area contributed by atoms with Gasteiger partial charge >= 0.3 is 12.0 Å². The van der Waals surface area contributed by atoms with Crippen molar-refractivity contribution in [3.05, 3.63) is 64.1 Å². The number of hydrogen-bond acceptors (Lipinski definition) is 5. The molecule has 0 saturated carbocycles. The fourth-order valence-corrected chi connectivity index (χ4v) is 2.77. The van der Waals surface area contributed by atoms with E-state index in [0.717, 1.165) is 9.37 Å². The lowest BCUT2D eigenvalue weighted by Gasteiger charge is -2.26. The summed E-state index contributed by atoms with van der Waals surface area (Å²) < 4.78 is 5.95. The number of halogens is 1. The third kappa shape index (κ3) is 4.09. The molecule has 4 amide bonds. The molecule has 0 aromatic heterocycles. The summed E-state index contributed by atoms with van der Waals surface area (Å²) >= 11 is 3.27. The second-order valence-corrected chi connectivity index (χ2v) is 6.57. The highest BCUT2D eigenvalue weighted by Gasteiger charge is 2.36. The van der Waals surface area contributed by atoms with Gasteiger partial charge in [0.1, 0.15) is 11.3 Å². The van der Waals surface area contributed by atoms with E-state index in [9.17, 15) is 19.2 Å². The number of aliphatic carboxylic acids is 1. The largest absolute Gasteiger partial charge is 0.481 e. The summed E-state index contributed by atoms with van der Waals surface area (Å²) in [5, 5.41) is 10.9. The van der Waals surface area contributed by atoms with E-state index in [1.807, 2.05) is 0 Å². The molecule has 1 aliphatic heterocycles. The van der Waals surface area contributed by atoms with Crippen LogP contribution < -0.4 is 15.0 Å². The Morgan fingerprint density at radius 2 is 1.79 bits per heavy atom. The van der Waals surface area contributed by atoms with Crippen LogP contribution in [0.4, 0.5) is 10.5 Å². The van der Waals surface area contributed by atoms with Crippen molar-refractivity contribution < 1.29 is 29.0 Å². The number of rotatable bonds is 5. The third-order valence-electron chi connectivity index (χ3n) is 3.76. The molecule has 1 saturated heterocycles. The maximum absolute atomic E-state index is 12.8. The van der Waals surface area contributed by atoms with E-state index in [4.69, 9.17) is 9.84 Å². The number of carboxylic acid groups (broad SMARTS) is 1. The molecular formula is C19H13BrN2O6. The number of carbonyl (C=O) groups excluding carboxylic acids is 3. The maximum atomic E-state index is 12.8. The van der Waals surface area contributed by atoms with Crippen molar-refractivity contribution in [2.24, 2.45) is 0 Å². The predicted octanol–water partition coefficient (Wildman–Crippen LogP) is 2.58. The van der Waals surface area contributed by atoms with E-state index in [-0.39, 0.29) is 11.3 Å². The highest BCUT2D eigenvalue weighted by molar-refractivity contribution is 9.10. The first-order chi connectivity index (χ1) is 13.4. The minimum atomic E-state index is -1.17. The Balaban J connectivity index is 1.98. The molecule has 0 unspecified atom stereocenters. The van der Waals surface area contributed by atoms with Crippen LogP contribution in [0.15, 0.2) is 58.6 Å². The normalized spacial score (nSPS) is 15.5. The minimum Gasteiger partial charge on any atom is -0.481 e. The van der Waals surface area contributed by atoms with Crippen LogP contribution in [0, 0.1) is 0 Å². The highest BCUT2D eigenvalue weighted by atomic mass is 79.9. The number of hydrogen-bond donors (Lipinski definition) is 2.